The Balaban J connectivity index is 0. The van der Waals surface area contributed by atoms with E-state index < -0.39 is 20.8 Å². The Labute approximate surface area is 104 Å². The molecule has 1 aliphatic carbocycles. The van der Waals surface area contributed by atoms with Crippen molar-refractivity contribution in [1.29, 1.82) is 0 Å². The summed E-state index contributed by atoms with van der Waals surface area (Å²) in [5.41, 5.74) is 6.11. The number of allylic oxidation sites excluding steroid dienone is 4. The van der Waals surface area contributed by atoms with E-state index in [4.69, 9.17) is 17.0 Å². The molecule has 1 radical (unpaired) electrons. The second-order valence-corrected chi connectivity index (χ2v) is 6.79. The Morgan fingerprint density at radius 2 is 1.15 bits per heavy atom. The minimum Gasteiger partial charge on any atom is -0.0125 e. The van der Waals surface area contributed by atoms with E-state index in [9.17, 15) is 0 Å². The molecule has 0 fully saturated rings. The molecule has 0 unspecified atom stereocenters. The maximum absolute atomic E-state index is 4.93. The van der Waals surface area contributed by atoms with Crippen molar-refractivity contribution in [1.82, 2.24) is 0 Å². The summed E-state index contributed by atoms with van der Waals surface area (Å²) in [5, 5.41) is 0. The van der Waals surface area contributed by atoms with Crippen molar-refractivity contribution in [3.05, 3.63) is 22.3 Å². The van der Waals surface area contributed by atoms with Crippen molar-refractivity contribution in [2.75, 3.05) is 0 Å². The third kappa shape index (κ3) is 5.57. The minimum absolute atomic E-state index is 0. The summed E-state index contributed by atoms with van der Waals surface area (Å²) in [6, 6.07) is 0. The van der Waals surface area contributed by atoms with Gasteiger partial charge in [0.25, 0.3) is 0 Å². The van der Waals surface area contributed by atoms with Crippen LogP contribution < -0.4 is 0 Å². The van der Waals surface area contributed by atoms with Crippen LogP contribution in [-0.4, -0.2) is 11.0 Å². The van der Waals surface area contributed by atoms with Crippen LogP contribution in [0.25, 0.3) is 0 Å². The molecule has 1 rings (SSSR count). The van der Waals surface area contributed by atoms with Crippen molar-refractivity contribution in [3.8, 4) is 0 Å². The zero-order valence-corrected chi connectivity index (χ0v) is 14.9. The van der Waals surface area contributed by atoms with Crippen LogP contribution in [0.3, 0.4) is 0 Å². The average Bonchev–Trinajstić information content (AvgIpc) is 2.20. The van der Waals surface area contributed by atoms with Crippen LogP contribution in [0.1, 0.15) is 34.1 Å². The predicted molar refractivity (Wildman–Crippen MR) is 63.0 cm³/mol. The van der Waals surface area contributed by atoms with E-state index in [-0.39, 0.29) is 11.0 Å². The molecule has 75 valence electrons. The molecule has 0 aromatic carbocycles. The Hall–Kier alpha value is 1.16. The van der Waals surface area contributed by atoms with Gasteiger partial charge in [0.2, 0.25) is 0 Å². The van der Waals surface area contributed by atoms with Gasteiger partial charge in [-0.3, -0.25) is 0 Å². The smallest absolute Gasteiger partial charge is 0.0125 e. The molecule has 0 N–H and O–H groups in total. The van der Waals surface area contributed by atoms with Gasteiger partial charge < -0.3 is 0 Å². The molecule has 0 bridgehead atoms. The van der Waals surface area contributed by atoms with Gasteiger partial charge in [0.15, 0.2) is 0 Å². The van der Waals surface area contributed by atoms with Crippen LogP contribution in [0, 0.1) is 0 Å². The largest absolute Gasteiger partial charge is 0.0125 e. The van der Waals surface area contributed by atoms with E-state index in [1.165, 1.54) is 17.6 Å². The number of rotatable bonds is 0. The van der Waals surface area contributed by atoms with Gasteiger partial charge in [-0.15, -0.1) is 0 Å². The van der Waals surface area contributed by atoms with Crippen molar-refractivity contribution in [2.45, 2.75) is 34.1 Å². The third-order valence-corrected chi connectivity index (χ3v) is 2.37. The van der Waals surface area contributed by atoms with E-state index in [2.05, 4.69) is 27.7 Å². The van der Waals surface area contributed by atoms with Crippen LogP contribution in [-0.2, 0) is 20.8 Å². The number of hydrogen-bond donors (Lipinski definition) is 0. The molecule has 0 nitrogen and oxygen atoms in total. The summed E-state index contributed by atoms with van der Waals surface area (Å²) in [6.45, 7) is 8.85. The van der Waals surface area contributed by atoms with Crippen molar-refractivity contribution < 1.29 is 20.8 Å². The van der Waals surface area contributed by atoms with Crippen LogP contribution in [0.15, 0.2) is 22.3 Å². The van der Waals surface area contributed by atoms with Crippen LogP contribution >= 0.6 is 17.0 Å². The Bertz CT molecular complexity index is 200. The maximum Gasteiger partial charge on any atom is -0.0125 e. The summed E-state index contributed by atoms with van der Waals surface area (Å²) in [5.74, 6) is 0. The first-order valence-electron chi connectivity index (χ1n) is 3.84. The summed E-state index contributed by atoms with van der Waals surface area (Å²) in [4.78, 5) is 0. The van der Waals surface area contributed by atoms with Crippen molar-refractivity contribution >= 4 is 28.0 Å². The van der Waals surface area contributed by atoms with E-state index in [1.54, 1.807) is 11.1 Å². The normalized spacial score (nSPS) is 14.9. The van der Waals surface area contributed by atoms with Crippen LogP contribution in [0.5, 0.6) is 0 Å². The SMILES string of the molecule is CC1=C(C)C(C)=C(C)C1.[Cl][Zr][Cl].[SiH3]. The molecule has 0 atom stereocenters. The number of halogens is 2. The molecule has 1 aliphatic rings. The second-order valence-electron chi connectivity index (χ2n) is 3.06. The topological polar surface area (TPSA) is 0 Å². The first kappa shape index (κ1) is 16.6. The fraction of sp³-hybridized carbons (Fsp3) is 0.556. The van der Waals surface area contributed by atoms with E-state index in [0.29, 0.717) is 0 Å². The van der Waals surface area contributed by atoms with Gasteiger partial charge in [-0.1, -0.05) is 11.1 Å². The predicted octanol–water partition coefficient (Wildman–Crippen LogP) is 3.26. The standard InChI is InChI=1S/C9H14.2ClH.H3Si.Zr/c1-6-5-7(2)9(4)8(6)3;;;;/h5H2,1-4H3;2*1H;1H3;/q;;;;+2/p-2. The molecular weight excluding hydrogens is 298 g/mol. The first-order chi connectivity index (χ1) is 5.54. The molecule has 4 heteroatoms. The van der Waals surface area contributed by atoms with Gasteiger partial charge in [-0.2, -0.15) is 0 Å². The Kier molecular flexibility index (Phi) is 10.8. The summed E-state index contributed by atoms with van der Waals surface area (Å²) < 4.78 is 0. The fourth-order valence-electron chi connectivity index (χ4n) is 1.30. The van der Waals surface area contributed by atoms with Gasteiger partial charge in [0, 0.05) is 0 Å². The molecule has 0 aromatic heterocycles. The average molecular weight is 315 g/mol. The second kappa shape index (κ2) is 8.47. The van der Waals surface area contributed by atoms with Crippen LogP contribution in [0.2, 0.25) is 0 Å². The van der Waals surface area contributed by atoms with Crippen molar-refractivity contribution in [3.63, 3.8) is 0 Å². The number of hydrogen-bond acceptors (Lipinski definition) is 0. The van der Waals surface area contributed by atoms with E-state index in [1.807, 2.05) is 0 Å². The van der Waals surface area contributed by atoms with Gasteiger partial charge in [0.05, 0.1) is 0 Å². The summed E-state index contributed by atoms with van der Waals surface area (Å²) in [6.07, 6.45) is 1.21. The molecule has 13 heavy (non-hydrogen) atoms. The van der Waals surface area contributed by atoms with Crippen LogP contribution in [0.4, 0.5) is 0 Å². The molecular formula is C9H17Cl2SiZr. The fourth-order valence-corrected chi connectivity index (χ4v) is 1.30. The molecule has 0 aromatic rings. The first-order valence-corrected chi connectivity index (χ1v) is 10.2. The van der Waals surface area contributed by atoms with E-state index >= 15 is 0 Å². The quantitative estimate of drug-likeness (QED) is 0.602. The van der Waals surface area contributed by atoms with Gasteiger partial charge in [-0.05, 0) is 56.2 Å². The van der Waals surface area contributed by atoms with Gasteiger partial charge in [-0.25, -0.2) is 0 Å². The summed E-state index contributed by atoms with van der Waals surface area (Å²) >= 11 is -0.826. The molecule has 0 amide bonds. The zero-order valence-electron chi connectivity index (χ0n) is 8.96. The van der Waals surface area contributed by atoms with Crippen molar-refractivity contribution in [2.24, 2.45) is 0 Å². The molecule has 0 heterocycles. The zero-order chi connectivity index (χ0) is 9.72. The Morgan fingerprint density at radius 3 is 1.23 bits per heavy atom. The van der Waals surface area contributed by atoms with Gasteiger partial charge >= 0.3 is 37.9 Å². The molecule has 0 spiro atoms. The Morgan fingerprint density at radius 1 is 0.923 bits per heavy atom. The molecule has 0 aliphatic heterocycles. The maximum atomic E-state index is 4.93. The monoisotopic (exact) mass is 313 g/mol. The minimum atomic E-state index is -0.826. The third-order valence-electron chi connectivity index (χ3n) is 2.37. The molecule has 0 saturated heterocycles. The van der Waals surface area contributed by atoms with Gasteiger partial charge in [0.1, 0.15) is 0 Å². The molecule has 0 saturated carbocycles. The van der Waals surface area contributed by atoms with E-state index in [0.717, 1.165) is 0 Å². The summed E-state index contributed by atoms with van der Waals surface area (Å²) in [7, 11) is 9.87.